The zero-order valence-corrected chi connectivity index (χ0v) is 10.5. The zero-order chi connectivity index (χ0) is 12.8. The van der Waals surface area contributed by atoms with E-state index >= 15 is 0 Å². The van der Waals surface area contributed by atoms with Gasteiger partial charge in [0.1, 0.15) is 11.9 Å². The summed E-state index contributed by atoms with van der Waals surface area (Å²) in [7, 11) is 0. The molecule has 0 radical (unpaired) electrons. The molecule has 0 saturated carbocycles. The van der Waals surface area contributed by atoms with Crippen LogP contribution < -0.4 is 0 Å². The van der Waals surface area contributed by atoms with Crippen LogP contribution in [0.25, 0.3) is 0 Å². The predicted molar refractivity (Wildman–Crippen MR) is 63.0 cm³/mol. The van der Waals surface area contributed by atoms with Gasteiger partial charge in [-0.3, -0.25) is 0 Å². The van der Waals surface area contributed by atoms with E-state index in [4.69, 9.17) is 9.47 Å². The van der Waals surface area contributed by atoms with Gasteiger partial charge in [0.05, 0.1) is 0 Å². The second kappa shape index (κ2) is 6.23. The quantitative estimate of drug-likeness (QED) is 0.709. The molecule has 1 rings (SSSR count). The normalized spacial score (nSPS) is 27.6. The molecule has 1 aliphatic heterocycles. The molecule has 0 aliphatic carbocycles. The first-order chi connectivity index (χ1) is 8.04. The Balaban J connectivity index is 2.94. The van der Waals surface area contributed by atoms with Crippen LogP contribution in [0.15, 0.2) is 23.5 Å². The van der Waals surface area contributed by atoms with E-state index in [2.05, 4.69) is 6.92 Å². The number of rotatable bonds is 3. The van der Waals surface area contributed by atoms with Crippen LogP contribution in [0.2, 0.25) is 0 Å². The van der Waals surface area contributed by atoms with E-state index in [1.165, 1.54) is 0 Å². The highest BCUT2D eigenvalue weighted by molar-refractivity contribution is 5.92. The molecule has 1 heterocycles. The molecule has 0 aromatic rings. The van der Waals surface area contributed by atoms with Crippen LogP contribution in [0.3, 0.4) is 0 Å². The molecule has 1 atom stereocenters. The monoisotopic (exact) mass is 238 g/mol. The Morgan fingerprint density at radius 3 is 2.53 bits per heavy atom. The highest BCUT2D eigenvalue weighted by Crippen LogP contribution is 2.21. The topological polar surface area (TPSA) is 52.6 Å². The van der Waals surface area contributed by atoms with Gasteiger partial charge in [-0.15, -0.1) is 0 Å². The first-order valence-corrected chi connectivity index (χ1v) is 5.84. The molecule has 0 aromatic heterocycles. The number of hydrogen-bond donors (Lipinski definition) is 0. The van der Waals surface area contributed by atoms with Gasteiger partial charge in [-0.1, -0.05) is 13.3 Å². The summed E-state index contributed by atoms with van der Waals surface area (Å²) in [6.07, 6.45) is 4.59. The van der Waals surface area contributed by atoms with Gasteiger partial charge in [-0.2, -0.15) is 0 Å². The minimum atomic E-state index is -0.539. The van der Waals surface area contributed by atoms with Crippen molar-refractivity contribution in [3.8, 4) is 0 Å². The lowest BCUT2D eigenvalue weighted by atomic mass is 10.0. The molecule has 17 heavy (non-hydrogen) atoms. The van der Waals surface area contributed by atoms with Gasteiger partial charge >= 0.3 is 11.9 Å². The zero-order valence-electron chi connectivity index (χ0n) is 10.5. The molecule has 1 unspecified atom stereocenters. The number of carbonyl (C=O) groups is 2. The van der Waals surface area contributed by atoms with Crippen molar-refractivity contribution >= 4 is 11.9 Å². The first kappa shape index (κ1) is 13.5. The number of carbonyl (C=O) groups excluding carboxylic acids is 2. The molecule has 0 bridgehead atoms. The lowest BCUT2D eigenvalue weighted by Gasteiger charge is -2.17. The molecule has 4 heteroatoms. The summed E-state index contributed by atoms with van der Waals surface area (Å²) < 4.78 is 10.3. The van der Waals surface area contributed by atoms with Crippen molar-refractivity contribution in [2.24, 2.45) is 0 Å². The van der Waals surface area contributed by atoms with E-state index in [1.54, 1.807) is 13.8 Å². The summed E-state index contributed by atoms with van der Waals surface area (Å²) in [5.41, 5.74) is 0.872. The maximum absolute atomic E-state index is 11.3. The Morgan fingerprint density at radius 2 is 1.88 bits per heavy atom. The molecule has 94 valence electrons. The van der Waals surface area contributed by atoms with E-state index in [9.17, 15) is 9.59 Å². The van der Waals surface area contributed by atoms with Crippen LogP contribution >= 0.6 is 0 Å². The second-order valence-corrected chi connectivity index (χ2v) is 4.02. The standard InChI is InChI=1S/C13H18O4/c1-4-5-6-11-9(2)16-12(14)7-8-13(15)17-10(11)3/h7-9H,4-6H2,1-3H3/b8-7-,11-10-. The molecule has 1 aliphatic rings. The Morgan fingerprint density at radius 1 is 1.24 bits per heavy atom. The smallest absolute Gasteiger partial charge is 0.336 e. The van der Waals surface area contributed by atoms with Crippen LogP contribution in [-0.2, 0) is 19.1 Å². The highest BCUT2D eigenvalue weighted by Gasteiger charge is 2.19. The number of allylic oxidation sites excluding steroid dienone is 1. The van der Waals surface area contributed by atoms with Gasteiger partial charge in [0.15, 0.2) is 0 Å². The second-order valence-electron chi connectivity index (χ2n) is 4.02. The van der Waals surface area contributed by atoms with Crippen LogP contribution in [0.5, 0.6) is 0 Å². The summed E-state index contributed by atoms with van der Waals surface area (Å²) in [6, 6.07) is 0. The average Bonchev–Trinajstić information content (AvgIpc) is 2.29. The maximum atomic E-state index is 11.3. The van der Waals surface area contributed by atoms with E-state index in [0.717, 1.165) is 37.0 Å². The Kier molecular flexibility index (Phi) is 4.94. The third kappa shape index (κ3) is 4.06. The van der Waals surface area contributed by atoms with Crippen molar-refractivity contribution in [1.82, 2.24) is 0 Å². The van der Waals surface area contributed by atoms with Gasteiger partial charge in [0.2, 0.25) is 0 Å². The van der Waals surface area contributed by atoms with Crippen LogP contribution in [0.1, 0.15) is 40.0 Å². The van der Waals surface area contributed by atoms with Crippen molar-refractivity contribution < 1.29 is 19.1 Å². The van der Waals surface area contributed by atoms with Gasteiger partial charge < -0.3 is 9.47 Å². The summed E-state index contributed by atoms with van der Waals surface area (Å²) in [5.74, 6) is -0.518. The van der Waals surface area contributed by atoms with Gasteiger partial charge in [-0.25, -0.2) is 9.59 Å². The molecule has 0 amide bonds. The molecule has 4 nitrogen and oxygen atoms in total. The summed E-state index contributed by atoms with van der Waals surface area (Å²) in [4.78, 5) is 22.7. The van der Waals surface area contributed by atoms with Crippen LogP contribution in [-0.4, -0.2) is 18.0 Å². The van der Waals surface area contributed by atoms with Crippen LogP contribution in [0.4, 0.5) is 0 Å². The van der Waals surface area contributed by atoms with Gasteiger partial charge in [-0.05, 0) is 26.7 Å². The highest BCUT2D eigenvalue weighted by atomic mass is 16.6. The largest absolute Gasteiger partial charge is 0.455 e. The molecule has 0 saturated heterocycles. The predicted octanol–water partition coefficient (Wildman–Crippen LogP) is 2.50. The first-order valence-electron chi connectivity index (χ1n) is 5.84. The molecule has 0 N–H and O–H groups in total. The van der Waals surface area contributed by atoms with Crippen molar-refractivity contribution in [3.05, 3.63) is 23.5 Å². The maximum Gasteiger partial charge on any atom is 0.336 e. The van der Waals surface area contributed by atoms with Crippen molar-refractivity contribution in [1.29, 1.82) is 0 Å². The molecule has 0 spiro atoms. The minimum Gasteiger partial charge on any atom is -0.455 e. The summed E-state index contributed by atoms with van der Waals surface area (Å²) >= 11 is 0. The van der Waals surface area contributed by atoms with Crippen molar-refractivity contribution in [2.75, 3.05) is 0 Å². The third-order valence-electron chi connectivity index (χ3n) is 2.64. The Bertz CT molecular complexity index is 366. The molecule has 0 fully saturated rings. The number of unbranched alkanes of at least 4 members (excludes halogenated alkanes) is 1. The van der Waals surface area contributed by atoms with Crippen molar-refractivity contribution in [2.45, 2.75) is 46.1 Å². The van der Waals surface area contributed by atoms with E-state index in [0.29, 0.717) is 5.76 Å². The lowest BCUT2D eigenvalue weighted by Crippen LogP contribution is -2.17. The van der Waals surface area contributed by atoms with Crippen LogP contribution in [0, 0.1) is 0 Å². The molecular weight excluding hydrogens is 220 g/mol. The lowest BCUT2D eigenvalue weighted by molar-refractivity contribution is -0.140. The Labute approximate surface area is 101 Å². The SMILES string of the molecule is CCCC/C1=C(\C)OC(=O)/C=C\C(=O)OC1C. The van der Waals surface area contributed by atoms with Gasteiger partial charge in [0, 0.05) is 17.7 Å². The third-order valence-corrected chi connectivity index (χ3v) is 2.64. The fourth-order valence-electron chi connectivity index (χ4n) is 1.70. The molecular formula is C13H18O4. The fraction of sp³-hybridized carbons (Fsp3) is 0.538. The number of esters is 2. The number of hydrogen-bond acceptors (Lipinski definition) is 4. The summed E-state index contributed by atoms with van der Waals surface area (Å²) in [6.45, 7) is 5.60. The van der Waals surface area contributed by atoms with Crippen molar-refractivity contribution in [3.63, 3.8) is 0 Å². The fourth-order valence-corrected chi connectivity index (χ4v) is 1.70. The summed E-state index contributed by atoms with van der Waals surface area (Å²) in [5, 5.41) is 0. The van der Waals surface area contributed by atoms with Gasteiger partial charge in [0.25, 0.3) is 0 Å². The molecule has 0 aromatic carbocycles. The van der Waals surface area contributed by atoms with E-state index in [1.807, 2.05) is 0 Å². The Hall–Kier alpha value is -1.58. The number of cyclic esters (lactones) is 2. The number of ether oxygens (including phenoxy) is 2. The minimum absolute atomic E-state index is 0.357. The van der Waals surface area contributed by atoms with E-state index in [-0.39, 0.29) is 6.10 Å². The average molecular weight is 238 g/mol. The van der Waals surface area contributed by atoms with E-state index < -0.39 is 11.9 Å².